The summed E-state index contributed by atoms with van der Waals surface area (Å²) in [7, 11) is -3.25. The van der Waals surface area contributed by atoms with Gasteiger partial charge >= 0.3 is 16.1 Å². The Bertz CT molecular complexity index is 267. The first-order valence-corrected chi connectivity index (χ1v) is 12.9. The van der Waals surface area contributed by atoms with Crippen molar-refractivity contribution in [2.45, 2.75) is 98.3 Å². The molecule has 0 fully saturated rings. The van der Waals surface area contributed by atoms with Crippen molar-refractivity contribution in [3.05, 3.63) is 0 Å². The lowest BCUT2D eigenvalue weighted by Gasteiger charge is -1.96. The molecule has 0 saturated carbocycles. The van der Waals surface area contributed by atoms with Crippen LogP contribution in [0.4, 0.5) is 0 Å². The Morgan fingerprint density at radius 1 is 0.731 bits per heavy atom. The smallest absolute Gasteiger partial charge is 0.396 e. The van der Waals surface area contributed by atoms with E-state index in [4.69, 9.17) is 19.1 Å². The van der Waals surface area contributed by atoms with Crippen LogP contribution in [0.25, 0.3) is 0 Å². The second kappa shape index (κ2) is 32.7. The topological polar surface area (TPSA) is 83.8 Å². The van der Waals surface area contributed by atoms with Gasteiger partial charge in [-0.25, -0.2) is 0 Å². The Morgan fingerprint density at radius 3 is 1.42 bits per heavy atom. The second-order valence-corrected chi connectivity index (χ2v) is 8.06. The average Bonchev–Trinajstić information content (AvgIpc) is 2.54. The molecule has 0 rings (SSSR count). The van der Waals surface area contributed by atoms with Crippen molar-refractivity contribution >= 4 is 16.1 Å². The molecule has 7 heteroatoms. The van der Waals surface area contributed by atoms with E-state index in [1.54, 1.807) is 6.66 Å². The van der Waals surface area contributed by atoms with Crippen molar-refractivity contribution in [3.63, 3.8) is 0 Å². The number of rotatable bonds is 14. The van der Waals surface area contributed by atoms with E-state index in [1.165, 1.54) is 70.9 Å². The average molecular weight is 417 g/mol. The molecule has 26 heavy (non-hydrogen) atoms. The van der Waals surface area contributed by atoms with Crippen molar-refractivity contribution in [3.8, 4) is 0 Å². The Labute approximate surface area is 165 Å². The Balaban J connectivity index is -0.000000153. The lowest BCUT2D eigenvalue weighted by Crippen LogP contribution is -1.86. The predicted molar refractivity (Wildman–Crippen MR) is 116 cm³/mol. The number of unbranched alkanes of at least 4 members (excludes halogenated alkanes) is 10. The molecule has 0 amide bonds. The van der Waals surface area contributed by atoms with E-state index < -0.39 is 16.1 Å². The third-order valence-corrected chi connectivity index (χ3v) is 3.83. The molecular weight excluding hydrogens is 370 g/mol. The van der Waals surface area contributed by atoms with Crippen LogP contribution in [0, 0.1) is 0 Å². The Kier molecular flexibility index (Phi) is 42.4. The molecule has 0 spiro atoms. The fraction of sp³-hybridized carbons (Fsp3) is 1.00. The highest BCUT2D eigenvalue weighted by molar-refractivity contribution is 7.38. The van der Waals surface area contributed by atoms with Crippen LogP contribution in [0.2, 0.25) is 0 Å². The molecule has 0 bridgehead atoms. The third-order valence-electron chi connectivity index (χ3n) is 3.28. The first-order valence-electron chi connectivity index (χ1n) is 9.66. The summed E-state index contributed by atoms with van der Waals surface area (Å²) in [6, 6.07) is 0. The molecule has 0 aliphatic rings. The maximum Gasteiger partial charge on any atom is 0.504 e. The quantitative estimate of drug-likeness (QED) is 0.234. The minimum Gasteiger partial charge on any atom is -0.396 e. The van der Waals surface area contributed by atoms with Crippen molar-refractivity contribution in [1.82, 2.24) is 0 Å². The summed E-state index contributed by atoms with van der Waals surface area (Å²) in [5.41, 5.74) is 0. The van der Waals surface area contributed by atoms with E-state index in [1.807, 2.05) is 0 Å². The molecule has 2 atom stereocenters. The number of hydrogen-bond acceptors (Lipinski definition) is 4. The van der Waals surface area contributed by atoms with Gasteiger partial charge in [0, 0.05) is 6.61 Å². The van der Waals surface area contributed by atoms with Gasteiger partial charge in [0.15, 0.2) is 13.3 Å². The Hall–Kier alpha value is 0.0800. The van der Waals surface area contributed by atoms with Crippen LogP contribution in [0.3, 0.4) is 0 Å². The second-order valence-electron chi connectivity index (χ2n) is 6.00. The van der Waals surface area contributed by atoms with Crippen molar-refractivity contribution in [1.29, 1.82) is 0 Å². The van der Waals surface area contributed by atoms with Gasteiger partial charge in [0.25, 0.3) is 0 Å². The number of aliphatic hydroxyl groups excluding tert-OH is 1. The highest BCUT2D eigenvalue weighted by Gasteiger charge is 2.04. The zero-order valence-electron chi connectivity index (χ0n) is 16.9. The summed E-state index contributed by atoms with van der Waals surface area (Å²) in [5.74, 6) is 0. The SMILES string of the molecule is C.CCCCCCCCO.CCCCCCCCO[P+](C)=O.C[P+](=O)O. The van der Waals surface area contributed by atoms with Gasteiger partial charge in [-0.2, -0.15) is 4.89 Å². The minimum absolute atomic E-state index is 0. The van der Waals surface area contributed by atoms with Crippen LogP contribution in [-0.2, 0) is 13.7 Å². The van der Waals surface area contributed by atoms with Crippen molar-refractivity contribution in [2.24, 2.45) is 0 Å². The van der Waals surface area contributed by atoms with E-state index >= 15 is 0 Å². The molecule has 0 radical (unpaired) electrons. The van der Waals surface area contributed by atoms with Gasteiger partial charge in [-0.05, 0) is 22.0 Å². The number of aliphatic hydroxyl groups is 1. The van der Waals surface area contributed by atoms with Crippen LogP contribution < -0.4 is 0 Å². The molecule has 0 aromatic rings. The molecular formula is C19H46O5P2+2. The molecule has 0 aliphatic carbocycles. The van der Waals surface area contributed by atoms with Crippen LogP contribution in [0.5, 0.6) is 0 Å². The van der Waals surface area contributed by atoms with E-state index in [2.05, 4.69) is 13.8 Å². The summed E-state index contributed by atoms with van der Waals surface area (Å²) < 4.78 is 24.6. The summed E-state index contributed by atoms with van der Waals surface area (Å²) in [6.07, 6.45) is 15.0. The van der Waals surface area contributed by atoms with E-state index in [-0.39, 0.29) is 7.43 Å². The van der Waals surface area contributed by atoms with Gasteiger partial charge in [0.05, 0.1) is 0 Å². The van der Waals surface area contributed by atoms with E-state index in [0.717, 1.165) is 12.8 Å². The van der Waals surface area contributed by atoms with Gasteiger partial charge in [-0.3, -0.25) is 0 Å². The molecule has 160 valence electrons. The molecule has 2 N–H and O–H groups in total. The van der Waals surface area contributed by atoms with Gasteiger partial charge in [-0.15, -0.1) is 4.52 Å². The zero-order chi connectivity index (χ0) is 19.8. The fourth-order valence-electron chi connectivity index (χ4n) is 1.97. The van der Waals surface area contributed by atoms with E-state index in [0.29, 0.717) is 13.2 Å². The van der Waals surface area contributed by atoms with Gasteiger partial charge in [-0.1, -0.05) is 85.5 Å². The standard InChI is InChI=1S/C9H20O2P.C8H18O.CH3O2P.CH4/c1-3-4-5-6-7-8-9-11-12(2)10;1-2-3-4-5-6-7-8-9;1-4(2)3;/h3-9H2,1-2H3;9H,2-8H2,1H3;1H3;1H4/q+1;;;/p+1. The largest absolute Gasteiger partial charge is 0.504 e. The molecule has 0 heterocycles. The van der Waals surface area contributed by atoms with Crippen LogP contribution in [-0.4, -0.2) is 36.5 Å². The lowest BCUT2D eigenvalue weighted by molar-refractivity contribution is 0.282. The first-order chi connectivity index (χ1) is 11.9. The van der Waals surface area contributed by atoms with Gasteiger partial charge < -0.3 is 5.11 Å². The number of hydrogen-bond donors (Lipinski definition) is 2. The highest BCUT2D eigenvalue weighted by atomic mass is 31.1. The Morgan fingerprint density at radius 2 is 1.08 bits per heavy atom. The molecule has 5 nitrogen and oxygen atoms in total. The monoisotopic (exact) mass is 416 g/mol. The molecule has 0 aromatic heterocycles. The van der Waals surface area contributed by atoms with Gasteiger partial charge in [0.1, 0.15) is 6.61 Å². The summed E-state index contributed by atoms with van der Waals surface area (Å²) in [4.78, 5) is 7.56. The summed E-state index contributed by atoms with van der Waals surface area (Å²) in [5, 5.41) is 8.42. The van der Waals surface area contributed by atoms with Crippen LogP contribution >= 0.6 is 16.1 Å². The first kappa shape index (κ1) is 33.6. The normalized spacial score (nSPS) is 10.5. The van der Waals surface area contributed by atoms with Crippen LogP contribution in [0.1, 0.15) is 98.3 Å². The van der Waals surface area contributed by atoms with Gasteiger partial charge in [0.2, 0.25) is 0 Å². The lowest BCUT2D eigenvalue weighted by atomic mass is 10.1. The maximum absolute atomic E-state index is 10.5. The summed E-state index contributed by atoms with van der Waals surface area (Å²) >= 11 is 0. The molecule has 0 aromatic carbocycles. The van der Waals surface area contributed by atoms with E-state index in [9.17, 15) is 4.57 Å². The van der Waals surface area contributed by atoms with Crippen LogP contribution in [0.15, 0.2) is 0 Å². The fourth-order valence-corrected chi connectivity index (χ4v) is 2.35. The molecule has 0 saturated heterocycles. The van der Waals surface area contributed by atoms with Crippen molar-refractivity contribution < 1.29 is 23.7 Å². The molecule has 0 aliphatic heterocycles. The summed E-state index contributed by atoms with van der Waals surface area (Å²) in [6.45, 7) is 8.29. The zero-order valence-corrected chi connectivity index (χ0v) is 18.7. The third kappa shape index (κ3) is 56.4. The van der Waals surface area contributed by atoms with Crippen molar-refractivity contribution in [2.75, 3.05) is 26.5 Å². The predicted octanol–water partition coefficient (Wildman–Crippen LogP) is 7.06. The molecule has 2 unspecified atom stereocenters. The minimum atomic E-state index is -1.87. The highest BCUT2D eigenvalue weighted by Crippen LogP contribution is 2.16. The maximum atomic E-state index is 10.5.